The third-order valence-corrected chi connectivity index (χ3v) is 8.08. The van der Waals surface area contributed by atoms with Gasteiger partial charge >= 0.3 is 6.03 Å². The molecule has 0 saturated carbocycles. The molecule has 2 aliphatic rings. The number of urea groups is 1. The lowest BCUT2D eigenvalue weighted by molar-refractivity contribution is -0.143. The first-order chi connectivity index (χ1) is 15.7. The van der Waals surface area contributed by atoms with Crippen LogP contribution in [0.3, 0.4) is 0 Å². The second-order valence-corrected chi connectivity index (χ2v) is 10.9. The quantitative estimate of drug-likeness (QED) is 0.675. The van der Waals surface area contributed by atoms with Gasteiger partial charge < -0.3 is 14.9 Å². The minimum absolute atomic E-state index is 0.0433. The lowest BCUT2D eigenvalue weighted by atomic mass is 10.1. The van der Waals surface area contributed by atoms with Crippen LogP contribution >= 0.6 is 11.6 Å². The Hall–Kier alpha value is -2.40. The minimum Gasteiger partial charge on any atom is -0.382 e. The Bertz CT molecular complexity index is 1170. The summed E-state index contributed by atoms with van der Waals surface area (Å²) in [7, 11) is -2.13. The van der Waals surface area contributed by atoms with Crippen LogP contribution in [0.2, 0.25) is 5.02 Å². The molecule has 2 aromatic carbocycles. The molecule has 0 radical (unpaired) electrons. The van der Waals surface area contributed by atoms with Gasteiger partial charge in [0.05, 0.1) is 10.6 Å². The van der Waals surface area contributed by atoms with E-state index < -0.39 is 27.6 Å². The fraction of sp³-hybridized carbons (Fsp3) is 0.455. The third kappa shape index (κ3) is 5.08. The summed E-state index contributed by atoms with van der Waals surface area (Å²) in [6, 6.07) is 9.70. The zero-order valence-electron chi connectivity index (χ0n) is 18.4. The van der Waals surface area contributed by atoms with E-state index >= 15 is 0 Å². The van der Waals surface area contributed by atoms with E-state index in [1.54, 1.807) is 41.2 Å². The highest BCUT2D eigenvalue weighted by atomic mass is 35.5. The molecule has 2 heterocycles. The van der Waals surface area contributed by atoms with E-state index in [1.165, 1.54) is 17.0 Å². The molecule has 2 aromatic rings. The summed E-state index contributed by atoms with van der Waals surface area (Å²) in [6.07, 6.45) is -0.787. The molecular formula is C22H27ClN4O5S. The van der Waals surface area contributed by atoms with Gasteiger partial charge in [0.2, 0.25) is 0 Å². The number of nitrogens with zero attached hydrogens (tertiary/aromatic N) is 4. The highest BCUT2D eigenvalue weighted by Crippen LogP contribution is 2.24. The van der Waals surface area contributed by atoms with Crippen LogP contribution in [-0.2, 0) is 14.6 Å². The van der Waals surface area contributed by atoms with Gasteiger partial charge in [0.1, 0.15) is 6.10 Å². The highest BCUT2D eigenvalue weighted by Gasteiger charge is 2.34. The van der Waals surface area contributed by atoms with E-state index in [0.717, 1.165) is 18.4 Å². The maximum absolute atomic E-state index is 12.9. The van der Waals surface area contributed by atoms with Gasteiger partial charge in [-0.05, 0) is 41.5 Å². The highest BCUT2D eigenvalue weighted by molar-refractivity contribution is 7.91. The SMILES string of the molecule is CN1CCCN(N2CCN(C(=O)[C@H](O)CS(=O)(=O)c3ccc4cc(Cl)ccc4c3)CC2)C1=O. The molecule has 1 N–H and O–H groups in total. The number of hydrogen-bond acceptors (Lipinski definition) is 6. The number of benzene rings is 2. The van der Waals surface area contributed by atoms with Gasteiger partial charge in [-0.2, -0.15) is 0 Å². The molecule has 178 valence electrons. The maximum Gasteiger partial charge on any atom is 0.334 e. The molecule has 0 aromatic heterocycles. The van der Waals surface area contributed by atoms with Gasteiger partial charge in [-0.15, -0.1) is 0 Å². The minimum atomic E-state index is -3.89. The van der Waals surface area contributed by atoms with Crippen LogP contribution in [0.1, 0.15) is 6.42 Å². The molecule has 1 atom stereocenters. The number of halogens is 1. The molecule has 0 aliphatic carbocycles. The van der Waals surface area contributed by atoms with Crippen molar-refractivity contribution in [1.82, 2.24) is 19.8 Å². The number of aliphatic hydroxyl groups is 1. The summed E-state index contributed by atoms with van der Waals surface area (Å²) < 4.78 is 25.7. The summed E-state index contributed by atoms with van der Waals surface area (Å²) >= 11 is 5.97. The Kier molecular flexibility index (Phi) is 6.81. The second kappa shape index (κ2) is 9.46. The molecule has 11 heteroatoms. The first-order valence-corrected chi connectivity index (χ1v) is 12.9. The van der Waals surface area contributed by atoms with E-state index in [4.69, 9.17) is 11.6 Å². The predicted octanol–water partition coefficient (Wildman–Crippen LogP) is 1.44. The maximum atomic E-state index is 12.9. The third-order valence-electron chi connectivity index (χ3n) is 6.12. The lowest BCUT2D eigenvalue weighted by Gasteiger charge is -2.44. The summed E-state index contributed by atoms with van der Waals surface area (Å²) in [5.41, 5.74) is 0. The Morgan fingerprint density at radius 1 is 1.03 bits per heavy atom. The molecule has 2 saturated heterocycles. The smallest absolute Gasteiger partial charge is 0.334 e. The number of rotatable bonds is 5. The van der Waals surface area contributed by atoms with Crippen LogP contribution in [0, 0.1) is 0 Å². The molecule has 4 rings (SSSR count). The lowest BCUT2D eigenvalue weighted by Crippen LogP contribution is -2.61. The average molecular weight is 495 g/mol. The van der Waals surface area contributed by atoms with Crippen LogP contribution in [0.4, 0.5) is 4.79 Å². The zero-order chi connectivity index (χ0) is 23.8. The van der Waals surface area contributed by atoms with Crippen molar-refractivity contribution in [2.45, 2.75) is 17.4 Å². The summed E-state index contributed by atoms with van der Waals surface area (Å²) in [5, 5.41) is 16.1. The van der Waals surface area contributed by atoms with Gasteiger partial charge in [-0.1, -0.05) is 23.7 Å². The molecule has 0 spiro atoms. The fourth-order valence-electron chi connectivity index (χ4n) is 4.24. The molecule has 2 aliphatic heterocycles. The van der Waals surface area contributed by atoms with Crippen molar-refractivity contribution in [3.63, 3.8) is 0 Å². The molecule has 2 fully saturated rings. The van der Waals surface area contributed by atoms with Crippen LogP contribution in [0.15, 0.2) is 41.3 Å². The number of sulfone groups is 1. The van der Waals surface area contributed by atoms with E-state index in [-0.39, 0.29) is 10.9 Å². The van der Waals surface area contributed by atoms with Crippen molar-refractivity contribution in [1.29, 1.82) is 0 Å². The first kappa shape index (κ1) is 23.7. The van der Waals surface area contributed by atoms with E-state index in [9.17, 15) is 23.1 Å². The van der Waals surface area contributed by atoms with Crippen molar-refractivity contribution in [2.24, 2.45) is 0 Å². The number of hydrogen-bond donors (Lipinski definition) is 1. The Morgan fingerprint density at radius 3 is 2.42 bits per heavy atom. The van der Waals surface area contributed by atoms with Crippen molar-refractivity contribution < 1.29 is 23.1 Å². The molecule has 9 nitrogen and oxygen atoms in total. The summed E-state index contributed by atoms with van der Waals surface area (Å²) in [4.78, 5) is 28.3. The molecular weight excluding hydrogens is 468 g/mol. The molecule has 33 heavy (non-hydrogen) atoms. The van der Waals surface area contributed by atoms with Gasteiger partial charge in [-0.3, -0.25) is 9.80 Å². The molecule has 3 amide bonds. The van der Waals surface area contributed by atoms with E-state index in [0.29, 0.717) is 43.1 Å². The Balaban J connectivity index is 1.37. The second-order valence-electron chi connectivity index (χ2n) is 8.41. The van der Waals surface area contributed by atoms with Crippen LogP contribution < -0.4 is 0 Å². The van der Waals surface area contributed by atoms with Gasteiger partial charge in [0.25, 0.3) is 5.91 Å². The van der Waals surface area contributed by atoms with Gasteiger partial charge in [-0.25, -0.2) is 18.2 Å². The Morgan fingerprint density at radius 2 is 1.70 bits per heavy atom. The van der Waals surface area contributed by atoms with Crippen LogP contribution in [0.25, 0.3) is 10.8 Å². The molecule has 0 unspecified atom stereocenters. The number of piperazine rings is 1. The Labute approximate surface area is 198 Å². The summed E-state index contributed by atoms with van der Waals surface area (Å²) in [6.45, 7) is 2.85. The standard InChI is InChI=1S/C22H27ClN4O5S/c1-24-7-2-8-27(22(24)30)26-11-9-25(10-12-26)21(29)20(28)15-33(31,32)19-6-4-16-13-18(23)5-3-17(16)14-19/h3-6,13-14,20,28H,2,7-12,15H2,1H3/t20-/m1/s1. The van der Waals surface area contributed by atoms with E-state index in [2.05, 4.69) is 0 Å². The van der Waals surface area contributed by atoms with Crippen LogP contribution in [-0.4, -0.2) is 103 Å². The number of fused-ring (bicyclic) bond motifs is 1. The van der Waals surface area contributed by atoms with Gasteiger partial charge in [0, 0.05) is 51.3 Å². The topological polar surface area (TPSA) is 101 Å². The number of carbonyl (C=O) groups is 2. The van der Waals surface area contributed by atoms with Crippen LogP contribution in [0.5, 0.6) is 0 Å². The fourth-order valence-corrected chi connectivity index (χ4v) is 5.75. The number of carbonyl (C=O) groups excluding carboxylic acids is 2. The monoisotopic (exact) mass is 494 g/mol. The predicted molar refractivity (Wildman–Crippen MR) is 125 cm³/mol. The van der Waals surface area contributed by atoms with E-state index in [1.807, 2.05) is 5.01 Å². The van der Waals surface area contributed by atoms with Crippen molar-refractivity contribution in [3.05, 3.63) is 41.4 Å². The zero-order valence-corrected chi connectivity index (χ0v) is 19.9. The number of aliphatic hydroxyl groups excluding tert-OH is 1. The van der Waals surface area contributed by atoms with Crippen molar-refractivity contribution in [3.8, 4) is 0 Å². The largest absolute Gasteiger partial charge is 0.382 e. The molecule has 0 bridgehead atoms. The average Bonchev–Trinajstić information content (AvgIpc) is 2.80. The first-order valence-electron chi connectivity index (χ1n) is 10.8. The normalized spacial score (nSPS) is 19.2. The van der Waals surface area contributed by atoms with Crippen molar-refractivity contribution >= 4 is 44.1 Å². The number of amides is 3. The number of hydrazine groups is 1. The van der Waals surface area contributed by atoms with Crippen molar-refractivity contribution in [2.75, 3.05) is 52.1 Å². The van der Waals surface area contributed by atoms with Gasteiger partial charge in [0.15, 0.2) is 9.84 Å². The summed E-state index contributed by atoms with van der Waals surface area (Å²) in [5.74, 6) is -1.31.